The van der Waals surface area contributed by atoms with Gasteiger partial charge in [0.2, 0.25) is 0 Å². The van der Waals surface area contributed by atoms with Crippen molar-refractivity contribution in [2.24, 2.45) is 0 Å². The number of aliphatic hydroxyl groups is 3. The minimum absolute atomic E-state index is 0.0193. The molecule has 0 saturated heterocycles. The maximum absolute atomic E-state index is 12.5. The average molecular weight is 538 g/mol. The van der Waals surface area contributed by atoms with Crippen molar-refractivity contribution >= 4 is 13.6 Å². The van der Waals surface area contributed by atoms with E-state index < -0.39 is 38.3 Å². The number of ether oxygens (including phenoxy) is 1. The van der Waals surface area contributed by atoms with Crippen LogP contribution in [0.3, 0.4) is 0 Å². The highest BCUT2D eigenvalue weighted by molar-refractivity contribution is 7.51. The molecule has 0 aliphatic heterocycles. The summed E-state index contributed by atoms with van der Waals surface area (Å²) >= 11 is 0. The SMILES string of the molecule is CCCCCCCCC/C=C\CCCCC(=O)OC[C@@H](O)COP(=O)([O-])C(C)[N+](C)(C)CCC(O)O. The van der Waals surface area contributed by atoms with Crippen molar-refractivity contribution in [3.05, 3.63) is 12.2 Å². The number of hydrogen-bond acceptors (Lipinski definition) is 8. The van der Waals surface area contributed by atoms with Gasteiger partial charge in [0, 0.05) is 12.8 Å². The number of nitrogens with zero attached hydrogens (tertiary/aromatic N) is 1. The van der Waals surface area contributed by atoms with E-state index in [0.717, 1.165) is 19.3 Å². The fraction of sp³-hybridized carbons (Fsp3) is 0.885. The van der Waals surface area contributed by atoms with Gasteiger partial charge in [0.1, 0.15) is 18.5 Å². The first-order valence-electron chi connectivity index (χ1n) is 13.5. The lowest BCUT2D eigenvalue weighted by atomic mass is 10.1. The number of carbonyl (C=O) groups is 1. The Balaban J connectivity index is 3.94. The number of esters is 1. The molecule has 0 rings (SSSR count). The summed E-state index contributed by atoms with van der Waals surface area (Å²) in [7, 11) is -1.07. The molecule has 0 aliphatic rings. The van der Waals surface area contributed by atoms with Crippen molar-refractivity contribution in [3.63, 3.8) is 0 Å². The number of allylic oxidation sites excluding steroid dienone is 2. The van der Waals surface area contributed by atoms with Crippen LogP contribution in [0.2, 0.25) is 0 Å². The van der Waals surface area contributed by atoms with Crippen LogP contribution in [0.15, 0.2) is 12.2 Å². The Morgan fingerprint density at radius 1 is 0.944 bits per heavy atom. The van der Waals surface area contributed by atoms with Gasteiger partial charge in [-0.25, -0.2) is 0 Å². The minimum atomic E-state index is -4.36. The van der Waals surface area contributed by atoms with Gasteiger partial charge in [-0.2, -0.15) is 0 Å². The summed E-state index contributed by atoms with van der Waals surface area (Å²) < 4.78 is 22.4. The molecule has 0 amide bonds. The van der Waals surface area contributed by atoms with Crippen LogP contribution in [0, 0.1) is 0 Å². The molecule has 0 aromatic carbocycles. The molecule has 36 heavy (non-hydrogen) atoms. The smallest absolute Gasteiger partial charge is 0.305 e. The van der Waals surface area contributed by atoms with Crippen LogP contribution in [0.25, 0.3) is 0 Å². The van der Waals surface area contributed by atoms with Gasteiger partial charge in [0.15, 0.2) is 13.9 Å². The van der Waals surface area contributed by atoms with Gasteiger partial charge < -0.3 is 38.5 Å². The highest BCUT2D eigenvalue weighted by Gasteiger charge is 2.34. The van der Waals surface area contributed by atoms with Crippen LogP contribution in [0.1, 0.15) is 97.3 Å². The van der Waals surface area contributed by atoms with E-state index in [0.29, 0.717) is 6.42 Å². The summed E-state index contributed by atoms with van der Waals surface area (Å²) in [5.41, 5.74) is 0. The Morgan fingerprint density at radius 3 is 2.08 bits per heavy atom. The molecule has 0 aliphatic carbocycles. The molecule has 0 aromatic heterocycles. The van der Waals surface area contributed by atoms with Crippen LogP contribution < -0.4 is 4.89 Å². The highest BCUT2D eigenvalue weighted by Crippen LogP contribution is 2.46. The van der Waals surface area contributed by atoms with Crippen LogP contribution in [-0.4, -0.2) is 77.8 Å². The predicted octanol–water partition coefficient (Wildman–Crippen LogP) is 3.84. The maximum Gasteiger partial charge on any atom is 0.305 e. The molecular formula is C26H52NO8P. The maximum atomic E-state index is 12.5. The fourth-order valence-electron chi connectivity index (χ4n) is 3.61. The van der Waals surface area contributed by atoms with Gasteiger partial charge in [-0.1, -0.05) is 57.6 Å². The van der Waals surface area contributed by atoms with Gasteiger partial charge in [-0.05, 0) is 39.0 Å². The quantitative estimate of drug-likeness (QED) is 0.0447. The van der Waals surface area contributed by atoms with Gasteiger partial charge in [0.05, 0.1) is 27.2 Å². The van der Waals surface area contributed by atoms with Crippen LogP contribution in [0.5, 0.6) is 0 Å². The van der Waals surface area contributed by atoms with E-state index in [1.54, 1.807) is 14.1 Å². The van der Waals surface area contributed by atoms with Crippen molar-refractivity contribution in [1.82, 2.24) is 0 Å². The monoisotopic (exact) mass is 537 g/mol. The molecular weight excluding hydrogens is 485 g/mol. The van der Waals surface area contributed by atoms with Crippen LogP contribution in [-0.2, 0) is 18.6 Å². The number of unbranched alkanes of at least 4 members (excludes halogenated alkanes) is 9. The fourth-order valence-corrected chi connectivity index (χ4v) is 5.09. The summed E-state index contributed by atoms with van der Waals surface area (Å²) in [5.74, 6) is -1.39. The zero-order valence-corrected chi connectivity index (χ0v) is 23.9. The molecule has 0 radical (unpaired) electrons. The van der Waals surface area contributed by atoms with Crippen LogP contribution in [0.4, 0.5) is 0 Å². The number of quaternary nitrogens is 1. The molecule has 214 valence electrons. The van der Waals surface area contributed by atoms with Crippen molar-refractivity contribution in [2.45, 2.75) is 115 Å². The third kappa shape index (κ3) is 18.4. The second-order valence-corrected chi connectivity index (χ2v) is 12.3. The van der Waals surface area contributed by atoms with Crippen molar-refractivity contribution in [1.29, 1.82) is 0 Å². The lowest BCUT2D eigenvalue weighted by Gasteiger charge is -2.42. The zero-order chi connectivity index (χ0) is 27.5. The summed E-state index contributed by atoms with van der Waals surface area (Å²) in [6.45, 7) is 3.07. The van der Waals surface area contributed by atoms with E-state index in [1.807, 2.05) is 0 Å². The summed E-state index contributed by atoms with van der Waals surface area (Å²) in [6, 6.07) is 0. The molecule has 0 fully saturated rings. The van der Waals surface area contributed by atoms with Gasteiger partial charge >= 0.3 is 5.97 Å². The molecule has 0 spiro atoms. The van der Waals surface area contributed by atoms with E-state index >= 15 is 0 Å². The van der Waals surface area contributed by atoms with Crippen LogP contribution >= 0.6 is 7.60 Å². The van der Waals surface area contributed by atoms with E-state index in [4.69, 9.17) is 19.5 Å². The first-order chi connectivity index (χ1) is 16.9. The number of aliphatic hydroxyl groups excluding tert-OH is 2. The lowest BCUT2D eigenvalue weighted by molar-refractivity contribution is -0.902. The molecule has 3 N–H and O–H groups in total. The van der Waals surface area contributed by atoms with E-state index in [-0.39, 0.29) is 30.5 Å². The standard InChI is InChI=1S/C26H52NO8P/c1-5-6-7-8-9-10-11-12-13-14-15-16-17-18-26(31)34-21-24(28)22-35-36(32,33)23(2)27(3,4)20-19-25(29)30/h13-14,23-25,28-30H,5-12,15-22H2,1-4H3/b14-13-/t23?,24-/m1/s1. The molecule has 0 aromatic rings. The van der Waals surface area contributed by atoms with E-state index in [1.165, 1.54) is 51.9 Å². The Bertz CT molecular complexity index is 641. The zero-order valence-electron chi connectivity index (χ0n) is 23.0. The molecule has 9 nitrogen and oxygen atoms in total. The Hall–Kier alpha value is -0.800. The number of rotatable bonds is 23. The van der Waals surface area contributed by atoms with Gasteiger partial charge in [0.25, 0.3) is 0 Å². The first-order valence-corrected chi connectivity index (χ1v) is 15.2. The largest absolute Gasteiger partial charge is 0.774 e. The topological polar surface area (TPSA) is 136 Å². The van der Waals surface area contributed by atoms with E-state index in [9.17, 15) is 19.4 Å². The highest BCUT2D eigenvalue weighted by atomic mass is 31.2. The first kappa shape index (κ1) is 35.2. The molecule has 0 bridgehead atoms. The third-order valence-corrected chi connectivity index (χ3v) is 8.51. The molecule has 0 heterocycles. The number of hydrogen-bond donors (Lipinski definition) is 3. The van der Waals surface area contributed by atoms with Gasteiger partial charge in [-0.3, -0.25) is 4.79 Å². The third-order valence-electron chi connectivity index (χ3n) is 6.46. The summed E-state index contributed by atoms with van der Waals surface area (Å²) in [4.78, 5) is 24.3. The normalized spacial score (nSPS) is 15.8. The van der Waals surface area contributed by atoms with Crippen molar-refractivity contribution < 1.29 is 43.3 Å². The van der Waals surface area contributed by atoms with Crippen molar-refractivity contribution in [3.8, 4) is 0 Å². The Kier molecular flexibility index (Phi) is 19.8. The molecule has 3 atom stereocenters. The Morgan fingerprint density at radius 2 is 1.50 bits per heavy atom. The van der Waals surface area contributed by atoms with E-state index in [2.05, 4.69) is 19.1 Å². The van der Waals surface area contributed by atoms with Crippen molar-refractivity contribution in [2.75, 3.05) is 33.9 Å². The second-order valence-electron chi connectivity index (χ2n) is 10.2. The average Bonchev–Trinajstić information content (AvgIpc) is 2.82. The lowest BCUT2D eigenvalue weighted by Crippen LogP contribution is -2.50. The predicted molar refractivity (Wildman–Crippen MR) is 140 cm³/mol. The van der Waals surface area contributed by atoms with Gasteiger partial charge in [-0.15, -0.1) is 0 Å². The number of carbonyl (C=O) groups excluding carboxylic acids is 1. The molecule has 2 unspecified atom stereocenters. The second kappa shape index (κ2) is 20.2. The summed E-state index contributed by atoms with van der Waals surface area (Å²) in [5, 5.41) is 28.0. The minimum Gasteiger partial charge on any atom is -0.774 e. The Labute approximate surface area is 218 Å². The molecule has 0 saturated carbocycles. The molecule has 10 heteroatoms. The summed E-state index contributed by atoms with van der Waals surface area (Å²) in [6.07, 6.45) is 14.6.